The normalized spacial score (nSPS) is 11.7. The van der Waals surface area contributed by atoms with Crippen molar-refractivity contribution in [2.24, 2.45) is 0 Å². The topological polar surface area (TPSA) is 4.93 Å². The van der Waals surface area contributed by atoms with Crippen LogP contribution in [0.15, 0.2) is 54.6 Å². The van der Waals surface area contributed by atoms with Gasteiger partial charge in [-0.1, -0.05) is 42.5 Å². The molecule has 0 aliphatic rings. The highest BCUT2D eigenvalue weighted by Gasteiger charge is 2.14. The van der Waals surface area contributed by atoms with Gasteiger partial charge < -0.3 is 4.57 Å². The van der Waals surface area contributed by atoms with Crippen LogP contribution in [0.25, 0.3) is 32.6 Å². The van der Waals surface area contributed by atoms with Crippen molar-refractivity contribution in [2.45, 2.75) is 6.54 Å². The van der Waals surface area contributed by atoms with Gasteiger partial charge in [-0.3, -0.25) is 0 Å². The molecule has 0 unspecified atom stereocenters. The molecule has 0 aliphatic carbocycles. The molecular formula is C18H13ClIN. The van der Waals surface area contributed by atoms with Gasteiger partial charge in [0, 0.05) is 37.7 Å². The van der Waals surface area contributed by atoms with Crippen LogP contribution in [0.2, 0.25) is 0 Å². The van der Waals surface area contributed by atoms with Crippen molar-refractivity contribution < 1.29 is 0 Å². The molecule has 3 heteroatoms. The summed E-state index contributed by atoms with van der Waals surface area (Å²) < 4.78 is 3.65. The van der Waals surface area contributed by atoms with E-state index < -0.39 is 0 Å². The Hall–Kier alpha value is -1.26. The number of halogens is 2. The number of rotatable bonds is 2. The van der Waals surface area contributed by atoms with Crippen LogP contribution in [0.1, 0.15) is 0 Å². The molecule has 3 aromatic carbocycles. The van der Waals surface area contributed by atoms with Crippen molar-refractivity contribution >= 4 is 66.8 Å². The van der Waals surface area contributed by atoms with Crippen LogP contribution in [0.3, 0.4) is 0 Å². The third-order valence-electron chi connectivity index (χ3n) is 4.03. The molecule has 21 heavy (non-hydrogen) atoms. The first-order chi connectivity index (χ1) is 10.3. The first kappa shape index (κ1) is 13.4. The number of alkyl halides is 1. The minimum absolute atomic E-state index is 0.619. The summed E-state index contributed by atoms with van der Waals surface area (Å²) in [4.78, 5) is 0. The zero-order chi connectivity index (χ0) is 14.4. The number of benzene rings is 3. The van der Waals surface area contributed by atoms with Crippen LogP contribution in [0.5, 0.6) is 0 Å². The molecule has 0 aliphatic heterocycles. The van der Waals surface area contributed by atoms with E-state index in [2.05, 4.69) is 81.8 Å². The van der Waals surface area contributed by atoms with Crippen molar-refractivity contribution in [3.8, 4) is 0 Å². The Bertz CT molecular complexity index is 971. The highest BCUT2D eigenvalue weighted by molar-refractivity contribution is 14.1. The van der Waals surface area contributed by atoms with Gasteiger partial charge in [-0.15, -0.1) is 11.6 Å². The summed E-state index contributed by atoms with van der Waals surface area (Å²) in [5, 5.41) is 5.23. The monoisotopic (exact) mass is 405 g/mol. The van der Waals surface area contributed by atoms with Gasteiger partial charge >= 0.3 is 0 Å². The van der Waals surface area contributed by atoms with Gasteiger partial charge in [-0.05, 0) is 40.1 Å². The fourth-order valence-corrected chi connectivity index (χ4v) is 4.13. The lowest BCUT2D eigenvalue weighted by Gasteiger charge is -2.08. The predicted molar refractivity (Wildman–Crippen MR) is 100 cm³/mol. The maximum absolute atomic E-state index is 6.06. The maximum Gasteiger partial charge on any atom is 0.0582 e. The Morgan fingerprint density at radius 2 is 1.76 bits per heavy atom. The van der Waals surface area contributed by atoms with Crippen molar-refractivity contribution in [1.82, 2.24) is 4.57 Å². The van der Waals surface area contributed by atoms with Crippen molar-refractivity contribution in [3.63, 3.8) is 0 Å². The Morgan fingerprint density at radius 1 is 0.905 bits per heavy atom. The van der Waals surface area contributed by atoms with E-state index in [1.807, 2.05) is 0 Å². The predicted octanol–water partition coefficient (Wildman–Crippen LogP) is 5.79. The standard InChI is InChI=1S/C18H13ClIN/c19-10-11-21-16-7-2-1-5-13(16)14-9-8-12-4-3-6-15(20)17(12)18(14)21/h1-9H,10-11H2. The Labute approximate surface area is 141 Å². The largest absolute Gasteiger partial charge is 0.339 e. The number of hydrogen-bond acceptors (Lipinski definition) is 0. The van der Waals surface area contributed by atoms with E-state index in [1.54, 1.807) is 0 Å². The molecule has 1 aromatic heterocycles. The van der Waals surface area contributed by atoms with Gasteiger partial charge in [-0.2, -0.15) is 0 Å². The quantitative estimate of drug-likeness (QED) is 0.294. The number of nitrogens with zero attached hydrogens (tertiary/aromatic N) is 1. The molecule has 0 atom stereocenters. The molecule has 4 rings (SSSR count). The van der Waals surface area contributed by atoms with E-state index >= 15 is 0 Å². The average Bonchev–Trinajstić information content (AvgIpc) is 2.83. The van der Waals surface area contributed by atoms with E-state index in [-0.39, 0.29) is 0 Å². The third kappa shape index (κ3) is 1.96. The summed E-state index contributed by atoms with van der Waals surface area (Å²) in [6.45, 7) is 0.829. The summed E-state index contributed by atoms with van der Waals surface area (Å²) in [6.07, 6.45) is 0. The van der Waals surface area contributed by atoms with E-state index in [9.17, 15) is 0 Å². The minimum atomic E-state index is 0.619. The molecule has 0 amide bonds. The van der Waals surface area contributed by atoms with E-state index in [4.69, 9.17) is 11.6 Å². The Morgan fingerprint density at radius 3 is 2.62 bits per heavy atom. The van der Waals surface area contributed by atoms with Gasteiger partial charge in [0.25, 0.3) is 0 Å². The third-order valence-corrected chi connectivity index (χ3v) is 5.10. The molecule has 0 bridgehead atoms. The lowest BCUT2D eigenvalue weighted by molar-refractivity contribution is 0.836. The number of para-hydroxylation sites is 1. The average molecular weight is 406 g/mol. The fraction of sp³-hybridized carbons (Fsp3) is 0.111. The number of fused-ring (bicyclic) bond motifs is 5. The number of aryl methyl sites for hydroxylation is 1. The molecule has 4 aromatic rings. The van der Waals surface area contributed by atoms with Crippen molar-refractivity contribution in [3.05, 3.63) is 58.2 Å². The van der Waals surface area contributed by atoms with E-state index in [0.29, 0.717) is 5.88 Å². The second kappa shape index (κ2) is 5.18. The fourth-order valence-electron chi connectivity index (χ4n) is 3.19. The molecular weight excluding hydrogens is 393 g/mol. The summed E-state index contributed by atoms with van der Waals surface area (Å²) in [5.41, 5.74) is 2.57. The first-order valence-electron chi connectivity index (χ1n) is 6.95. The van der Waals surface area contributed by atoms with Gasteiger partial charge in [0.05, 0.1) is 5.52 Å². The molecule has 0 radical (unpaired) electrons. The van der Waals surface area contributed by atoms with E-state index in [1.165, 1.54) is 36.1 Å². The van der Waals surface area contributed by atoms with Gasteiger partial charge in [0.2, 0.25) is 0 Å². The van der Waals surface area contributed by atoms with Gasteiger partial charge in [-0.25, -0.2) is 0 Å². The van der Waals surface area contributed by atoms with Gasteiger partial charge in [0.1, 0.15) is 0 Å². The van der Waals surface area contributed by atoms with Gasteiger partial charge in [0.15, 0.2) is 0 Å². The second-order valence-corrected chi connectivity index (χ2v) is 6.70. The highest BCUT2D eigenvalue weighted by Crippen LogP contribution is 2.36. The molecule has 0 saturated heterocycles. The van der Waals surface area contributed by atoms with Crippen LogP contribution < -0.4 is 0 Å². The smallest absolute Gasteiger partial charge is 0.0582 e. The summed E-state index contributed by atoms with van der Waals surface area (Å²) in [7, 11) is 0. The summed E-state index contributed by atoms with van der Waals surface area (Å²) in [6, 6.07) is 19.5. The number of aromatic nitrogens is 1. The lowest BCUT2D eigenvalue weighted by atomic mass is 10.1. The Kier molecular flexibility index (Phi) is 3.31. The molecule has 1 heterocycles. The summed E-state index contributed by atoms with van der Waals surface area (Å²) >= 11 is 8.49. The zero-order valence-corrected chi connectivity index (χ0v) is 14.2. The van der Waals surface area contributed by atoms with Crippen LogP contribution in [-0.2, 0) is 6.54 Å². The molecule has 0 saturated carbocycles. The van der Waals surface area contributed by atoms with Crippen LogP contribution >= 0.6 is 34.2 Å². The van der Waals surface area contributed by atoms with Crippen LogP contribution in [0, 0.1) is 3.57 Å². The second-order valence-electron chi connectivity index (χ2n) is 5.16. The zero-order valence-electron chi connectivity index (χ0n) is 11.3. The molecule has 0 fully saturated rings. The minimum Gasteiger partial charge on any atom is -0.339 e. The van der Waals surface area contributed by atoms with E-state index in [0.717, 1.165) is 6.54 Å². The van der Waals surface area contributed by atoms with Crippen LogP contribution in [0.4, 0.5) is 0 Å². The molecule has 0 N–H and O–H groups in total. The maximum atomic E-state index is 6.06. The highest BCUT2D eigenvalue weighted by atomic mass is 127. The summed E-state index contributed by atoms with van der Waals surface area (Å²) in [5.74, 6) is 0.619. The van der Waals surface area contributed by atoms with Crippen molar-refractivity contribution in [2.75, 3.05) is 5.88 Å². The molecule has 104 valence electrons. The first-order valence-corrected chi connectivity index (χ1v) is 8.57. The van der Waals surface area contributed by atoms with Crippen molar-refractivity contribution in [1.29, 1.82) is 0 Å². The lowest BCUT2D eigenvalue weighted by Crippen LogP contribution is -1.99. The van der Waals surface area contributed by atoms with Crippen LogP contribution in [-0.4, -0.2) is 10.4 Å². The molecule has 0 spiro atoms. The Balaban J connectivity index is 2.32. The number of hydrogen-bond donors (Lipinski definition) is 0. The molecule has 1 nitrogen and oxygen atoms in total. The SMILES string of the molecule is ClCCn1c2ccccc2c2ccc3cccc(I)c3c21.